The molecular weight excluding hydrogens is 369 g/mol. The highest BCUT2D eigenvalue weighted by atomic mass is 19.1. The van der Waals surface area contributed by atoms with E-state index < -0.39 is 5.82 Å². The molecular formula is C22H26FN5O. The van der Waals surface area contributed by atoms with E-state index in [9.17, 15) is 9.18 Å². The number of hydrogen-bond acceptors (Lipinski definition) is 5. The molecule has 0 saturated carbocycles. The van der Waals surface area contributed by atoms with Gasteiger partial charge in [0.1, 0.15) is 11.6 Å². The van der Waals surface area contributed by atoms with Gasteiger partial charge < -0.3 is 15.6 Å². The standard InChI is InChI=1S/C22H26FN5O/c1-22(2,3)14-6-16(17-8-15(23)10-26-21(17)29)20-18(7-14)27-19(11-25-20)28-5-4-13(9-24)12-28/h6-8,10-11,13H,4-5,9,12,24H2,1-3H3,(H,26,29). The van der Waals surface area contributed by atoms with Crippen LogP contribution in [0.5, 0.6) is 0 Å². The number of aromatic nitrogens is 3. The maximum Gasteiger partial charge on any atom is 0.256 e. The number of anilines is 1. The molecule has 4 rings (SSSR count). The number of benzene rings is 1. The summed E-state index contributed by atoms with van der Waals surface area (Å²) in [6, 6.07) is 5.18. The van der Waals surface area contributed by atoms with E-state index in [1.165, 1.54) is 6.07 Å². The van der Waals surface area contributed by atoms with Crippen LogP contribution < -0.4 is 16.2 Å². The molecule has 1 fully saturated rings. The molecule has 1 atom stereocenters. The smallest absolute Gasteiger partial charge is 0.256 e. The average Bonchev–Trinajstić information content (AvgIpc) is 3.17. The highest BCUT2D eigenvalue weighted by Crippen LogP contribution is 2.33. The van der Waals surface area contributed by atoms with Gasteiger partial charge in [0.2, 0.25) is 0 Å². The summed E-state index contributed by atoms with van der Waals surface area (Å²) >= 11 is 0. The van der Waals surface area contributed by atoms with Crippen LogP contribution in [0.3, 0.4) is 0 Å². The Balaban J connectivity index is 1.91. The lowest BCUT2D eigenvalue weighted by Gasteiger charge is -2.22. The zero-order chi connectivity index (χ0) is 20.8. The summed E-state index contributed by atoms with van der Waals surface area (Å²) in [6.45, 7) is 8.72. The van der Waals surface area contributed by atoms with E-state index in [1.54, 1.807) is 6.20 Å². The Morgan fingerprint density at radius 1 is 1.28 bits per heavy atom. The molecule has 1 aliphatic heterocycles. The van der Waals surface area contributed by atoms with Gasteiger partial charge in [-0.2, -0.15) is 0 Å². The van der Waals surface area contributed by atoms with Crippen molar-refractivity contribution in [1.29, 1.82) is 0 Å². The van der Waals surface area contributed by atoms with E-state index in [-0.39, 0.29) is 16.5 Å². The van der Waals surface area contributed by atoms with Gasteiger partial charge in [-0.25, -0.2) is 9.37 Å². The first-order valence-electron chi connectivity index (χ1n) is 9.91. The van der Waals surface area contributed by atoms with Crippen molar-refractivity contribution in [2.45, 2.75) is 32.6 Å². The molecule has 1 saturated heterocycles. The Labute approximate surface area is 169 Å². The number of fused-ring (bicyclic) bond motifs is 1. The second kappa shape index (κ2) is 7.22. The third kappa shape index (κ3) is 3.74. The Morgan fingerprint density at radius 2 is 2.07 bits per heavy atom. The van der Waals surface area contributed by atoms with Crippen molar-refractivity contribution in [3.05, 3.63) is 52.3 Å². The maximum absolute atomic E-state index is 13.9. The first-order valence-corrected chi connectivity index (χ1v) is 9.91. The molecule has 1 aromatic carbocycles. The van der Waals surface area contributed by atoms with Crippen LogP contribution in [0.4, 0.5) is 10.2 Å². The second-order valence-electron chi connectivity index (χ2n) is 8.77. The number of nitrogens with zero attached hydrogens (tertiary/aromatic N) is 3. The van der Waals surface area contributed by atoms with E-state index in [4.69, 9.17) is 10.7 Å². The lowest BCUT2D eigenvalue weighted by Crippen LogP contribution is -2.23. The topological polar surface area (TPSA) is 87.9 Å². The molecule has 0 aliphatic carbocycles. The van der Waals surface area contributed by atoms with Crippen LogP contribution in [0.15, 0.2) is 35.4 Å². The van der Waals surface area contributed by atoms with Crippen LogP contribution in [0.2, 0.25) is 0 Å². The molecule has 0 bridgehead atoms. The Kier molecular flexibility index (Phi) is 4.86. The van der Waals surface area contributed by atoms with Gasteiger partial charge in [-0.15, -0.1) is 0 Å². The van der Waals surface area contributed by atoms with Crippen molar-refractivity contribution >= 4 is 16.9 Å². The molecule has 7 heteroatoms. The van der Waals surface area contributed by atoms with E-state index in [0.717, 1.165) is 37.1 Å². The van der Waals surface area contributed by atoms with Gasteiger partial charge in [0, 0.05) is 24.8 Å². The lowest BCUT2D eigenvalue weighted by atomic mass is 9.85. The molecule has 0 spiro atoms. The summed E-state index contributed by atoms with van der Waals surface area (Å²) in [6.07, 6.45) is 3.84. The number of rotatable bonds is 3. The summed E-state index contributed by atoms with van der Waals surface area (Å²) in [7, 11) is 0. The van der Waals surface area contributed by atoms with E-state index in [0.29, 0.717) is 29.1 Å². The van der Waals surface area contributed by atoms with Crippen LogP contribution in [0.1, 0.15) is 32.8 Å². The van der Waals surface area contributed by atoms with Crippen molar-refractivity contribution in [1.82, 2.24) is 15.0 Å². The molecule has 3 aromatic rings. The van der Waals surface area contributed by atoms with Crippen molar-refractivity contribution in [3.63, 3.8) is 0 Å². The average molecular weight is 395 g/mol. The Morgan fingerprint density at radius 3 is 2.76 bits per heavy atom. The number of aromatic amines is 1. The highest BCUT2D eigenvalue weighted by molar-refractivity contribution is 5.92. The van der Waals surface area contributed by atoms with Crippen LogP contribution in [0, 0.1) is 11.7 Å². The van der Waals surface area contributed by atoms with E-state index >= 15 is 0 Å². The van der Waals surface area contributed by atoms with Gasteiger partial charge in [-0.3, -0.25) is 9.78 Å². The van der Waals surface area contributed by atoms with Crippen molar-refractivity contribution in [2.75, 3.05) is 24.5 Å². The molecule has 3 N–H and O–H groups in total. The minimum absolute atomic E-state index is 0.168. The minimum Gasteiger partial charge on any atom is -0.355 e. The normalized spacial score (nSPS) is 17.3. The molecule has 152 valence electrons. The Bertz CT molecular complexity index is 1120. The highest BCUT2D eigenvalue weighted by Gasteiger charge is 2.24. The van der Waals surface area contributed by atoms with Crippen molar-refractivity contribution < 1.29 is 4.39 Å². The fraction of sp³-hybridized carbons (Fsp3) is 0.409. The molecule has 2 aromatic heterocycles. The number of nitrogens with one attached hydrogen (secondary N) is 1. The predicted octanol–water partition coefficient (Wildman–Crippen LogP) is 3.21. The molecule has 3 heterocycles. The van der Waals surface area contributed by atoms with Crippen LogP contribution in [0.25, 0.3) is 22.2 Å². The zero-order valence-electron chi connectivity index (χ0n) is 17.0. The summed E-state index contributed by atoms with van der Waals surface area (Å²) in [5.74, 6) is 0.775. The predicted molar refractivity (Wildman–Crippen MR) is 114 cm³/mol. The van der Waals surface area contributed by atoms with E-state index in [1.807, 2.05) is 12.1 Å². The van der Waals surface area contributed by atoms with Crippen molar-refractivity contribution in [3.8, 4) is 11.1 Å². The quantitative estimate of drug-likeness (QED) is 0.711. The van der Waals surface area contributed by atoms with E-state index in [2.05, 4.69) is 35.6 Å². The van der Waals surface area contributed by atoms with Crippen LogP contribution in [-0.2, 0) is 5.41 Å². The number of halogens is 1. The summed E-state index contributed by atoms with van der Waals surface area (Å²) in [4.78, 5) is 26.6. The summed E-state index contributed by atoms with van der Waals surface area (Å²) in [5, 5.41) is 0. The van der Waals surface area contributed by atoms with Gasteiger partial charge in [0.05, 0.1) is 22.8 Å². The number of pyridine rings is 1. The number of hydrogen-bond donors (Lipinski definition) is 2. The maximum atomic E-state index is 13.9. The summed E-state index contributed by atoms with van der Waals surface area (Å²) < 4.78 is 13.9. The number of H-pyrrole nitrogens is 1. The lowest BCUT2D eigenvalue weighted by molar-refractivity contribution is 0.591. The first kappa shape index (κ1) is 19.5. The molecule has 6 nitrogen and oxygen atoms in total. The Hall–Kier alpha value is -2.80. The zero-order valence-corrected chi connectivity index (χ0v) is 17.0. The minimum atomic E-state index is -0.497. The van der Waals surface area contributed by atoms with Crippen LogP contribution in [-0.4, -0.2) is 34.6 Å². The fourth-order valence-corrected chi connectivity index (χ4v) is 3.80. The van der Waals surface area contributed by atoms with Gasteiger partial charge in [-0.05, 0) is 48.1 Å². The van der Waals surface area contributed by atoms with Crippen molar-refractivity contribution in [2.24, 2.45) is 11.7 Å². The largest absolute Gasteiger partial charge is 0.355 e. The fourth-order valence-electron chi connectivity index (χ4n) is 3.80. The molecule has 1 aliphatic rings. The summed E-state index contributed by atoms with van der Waals surface area (Å²) in [5.41, 5.74) is 8.45. The van der Waals surface area contributed by atoms with Crippen LogP contribution >= 0.6 is 0 Å². The molecule has 0 radical (unpaired) electrons. The van der Waals surface area contributed by atoms with Gasteiger partial charge >= 0.3 is 0 Å². The second-order valence-corrected chi connectivity index (χ2v) is 8.77. The van der Waals surface area contributed by atoms with Gasteiger partial charge in [-0.1, -0.05) is 20.8 Å². The third-order valence-corrected chi connectivity index (χ3v) is 5.60. The SMILES string of the molecule is CC(C)(C)c1cc(-c2cc(F)c[nH]c2=O)c2ncc(N3CCC(CN)C3)nc2c1. The van der Waals surface area contributed by atoms with Gasteiger partial charge in [0.25, 0.3) is 5.56 Å². The molecule has 29 heavy (non-hydrogen) atoms. The molecule has 0 amide bonds. The number of nitrogens with two attached hydrogens (primary N) is 1. The third-order valence-electron chi connectivity index (χ3n) is 5.60. The van der Waals surface area contributed by atoms with Gasteiger partial charge in [0.15, 0.2) is 0 Å². The first-order chi connectivity index (χ1) is 13.8. The molecule has 1 unspecified atom stereocenters. The monoisotopic (exact) mass is 395 g/mol.